The number of nitrogens with one attached hydrogen (secondary N) is 1. The molecule has 2 aromatic rings. The highest BCUT2D eigenvalue weighted by Gasteiger charge is 1.98. The van der Waals surface area contributed by atoms with Crippen molar-refractivity contribution < 1.29 is 4.74 Å². The minimum Gasteiger partial charge on any atom is -0.436 e. The van der Waals surface area contributed by atoms with Crippen LogP contribution in [0, 0.1) is 0 Å². The van der Waals surface area contributed by atoms with E-state index in [1.165, 1.54) is 6.20 Å². The largest absolute Gasteiger partial charge is 0.436 e. The Morgan fingerprint density at radius 2 is 2.36 bits per heavy atom. The predicted molar refractivity (Wildman–Crippen MR) is 53.0 cm³/mol. The minimum absolute atomic E-state index is 0.450. The van der Waals surface area contributed by atoms with Crippen LogP contribution in [0.25, 0.3) is 6.08 Å². The molecule has 0 aliphatic rings. The van der Waals surface area contributed by atoms with Gasteiger partial charge in [-0.15, -0.1) is 5.10 Å². The first-order valence-electron chi connectivity index (χ1n) is 4.14. The van der Waals surface area contributed by atoms with E-state index in [2.05, 4.69) is 22.0 Å². The van der Waals surface area contributed by atoms with Crippen molar-refractivity contribution in [2.75, 3.05) is 0 Å². The topological polar surface area (TPSA) is 50.8 Å². The maximum Gasteiger partial charge on any atom is 0.258 e. The van der Waals surface area contributed by atoms with Gasteiger partial charge in [-0.3, -0.25) is 0 Å². The Hall–Kier alpha value is -2.10. The maximum absolute atomic E-state index is 5.41. The molecule has 0 amide bonds. The number of ether oxygens (including phenoxy) is 1. The summed E-state index contributed by atoms with van der Waals surface area (Å²) in [6.07, 6.45) is 3.27. The molecule has 1 aromatic heterocycles. The molecule has 0 bridgehead atoms. The lowest BCUT2D eigenvalue weighted by atomic mass is 10.2. The molecule has 1 aromatic carbocycles. The summed E-state index contributed by atoms with van der Waals surface area (Å²) in [5.41, 5.74) is 1.01. The van der Waals surface area contributed by atoms with E-state index in [0.29, 0.717) is 5.88 Å². The summed E-state index contributed by atoms with van der Waals surface area (Å²) < 4.78 is 5.41. The first kappa shape index (κ1) is 8.50. The molecule has 2 rings (SSSR count). The second-order valence-electron chi connectivity index (χ2n) is 2.69. The van der Waals surface area contributed by atoms with Gasteiger partial charge in [0.25, 0.3) is 5.88 Å². The fourth-order valence-corrected chi connectivity index (χ4v) is 1.07. The van der Waals surface area contributed by atoms with Crippen LogP contribution in [0.2, 0.25) is 0 Å². The molecule has 0 aliphatic carbocycles. The van der Waals surface area contributed by atoms with E-state index in [1.807, 2.05) is 24.3 Å². The number of rotatable bonds is 3. The van der Waals surface area contributed by atoms with Crippen molar-refractivity contribution in [3.63, 3.8) is 0 Å². The Bertz CT molecular complexity index is 423. The van der Waals surface area contributed by atoms with Gasteiger partial charge >= 0.3 is 0 Å². The fourth-order valence-electron chi connectivity index (χ4n) is 1.07. The molecule has 4 nitrogen and oxygen atoms in total. The first-order valence-corrected chi connectivity index (χ1v) is 4.14. The molecule has 70 valence electrons. The Labute approximate surface area is 81.2 Å². The molecule has 0 radical (unpaired) electrons. The molecule has 1 heterocycles. The average molecular weight is 187 g/mol. The van der Waals surface area contributed by atoms with Gasteiger partial charge in [0.15, 0.2) is 0 Å². The van der Waals surface area contributed by atoms with Crippen LogP contribution in [0.5, 0.6) is 11.6 Å². The van der Waals surface area contributed by atoms with Crippen LogP contribution < -0.4 is 4.74 Å². The van der Waals surface area contributed by atoms with E-state index in [1.54, 1.807) is 6.08 Å². The molecule has 0 fully saturated rings. The van der Waals surface area contributed by atoms with Crippen molar-refractivity contribution in [2.45, 2.75) is 0 Å². The van der Waals surface area contributed by atoms with Gasteiger partial charge in [-0.2, -0.15) is 10.3 Å². The molecule has 0 saturated carbocycles. The van der Waals surface area contributed by atoms with E-state index in [4.69, 9.17) is 4.74 Å². The molecule has 1 N–H and O–H groups in total. The summed E-state index contributed by atoms with van der Waals surface area (Å²) >= 11 is 0. The third-order valence-corrected chi connectivity index (χ3v) is 1.71. The van der Waals surface area contributed by atoms with Gasteiger partial charge in [0.1, 0.15) is 11.9 Å². The Kier molecular flexibility index (Phi) is 2.27. The van der Waals surface area contributed by atoms with Gasteiger partial charge in [-0.1, -0.05) is 24.8 Å². The summed E-state index contributed by atoms with van der Waals surface area (Å²) in [5, 5.41) is 9.90. The highest BCUT2D eigenvalue weighted by atomic mass is 16.5. The zero-order valence-electron chi connectivity index (χ0n) is 7.47. The van der Waals surface area contributed by atoms with Crippen molar-refractivity contribution in [1.82, 2.24) is 15.4 Å². The lowest BCUT2D eigenvalue weighted by Gasteiger charge is -2.01. The zero-order chi connectivity index (χ0) is 9.80. The Morgan fingerprint density at radius 1 is 1.43 bits per heavy atom. The van der Waals surface area contributed by atoms with E-state index in [-0.39, 0.29) is 0 Å². The smallest absolute Gasteiger partial charge is 0.258 e. The summed E-state index contributed by atoms with van der Waals surface area (Å²) in [6, 6.07) is 7.57. The van der Waals surface area contributed by atoms with Gasteiger partial charge in [-0.05, 0) is 17.7 Å². The number of aromatic nitrogens is 3. The monoisotopic (exact) mass is 187 g/mol. The second-order valence-corrected chi connectivity index (χ2v) is 2.69. The van der Waals surface area contributed by atoms with Gasteiger partial charge < -0.3 is 4.74 Å². The highest BCUT2D eigenvalue weighted by Crippen LogP contribution is 2.19. The van der Waals surface area contributed by atoms with E-state index in [0.717, 1.165) is 11.3 Å². The average Bonchev–Trinajstić information content (AvgIpc) is 2.71. The fraction of sp³-hybridized carbons (Fsp3) is 0. The highest BCUT2D eigenvalue weighted by molar-refractivity contribution is 5.49. The van der Waals surface area contributed by atoms with Crippen molar-refractivity contribution in [3.8, 4) is 11.6 Å². The SMILES string of the molecule is C=Cc1cccc(Oc2cn[nH]n2)c1. The third kappa shape index (κ3) is 1.80. The van der Waals surface area contributed by atoms with Gasteiger partial charge in [-0.25, -0.2) is 0 Å². The number of nitrogens with zero attached hydrogens (tertiary/aromatic N) is 2. The Morgan fingerprint density at radius 3 is 3.07 bits per heavy atom. The standard InChI is InChI=1S/C10H9N3O/c1-2-8-4-3-5-9(6-8)14-10-7-11-13-12-10/h2-7H,1H2,(H,11,12,13). The number of benzene rings is 1. The molecule has 4 heteroatoms. The minimum atomic E-state index is 0.450. The summed E-state index contributed by atoms with van der Waals surface area (Å²) in [7, 11) is 0. The molecule has 0 unspecified atom stereocenters. The third-order valence-electron chi connectivity index (χ3n) is 1.71. The lowest BCUT2D eigenvalue weighted by molar-refractivity contribution is 0.461. The number of aromatic amines is 1. The quantitative estimate of drug-likeness (QED) is 0.801. The van der Waals surface area contributed by atoms with Crippen LogP contribution in [0.15, 0.2) is 37.0 Å². The predicted octanol–water partition coefficient (Wildman–Crippen LogP) is 2.24. The van der Waals surface area contributed by atoms with Crippen molar-refractivity contribution in [2.24, 2.45) is 0 Å². The molecular weight excluding hydrogens is 178 g/mol. The molecule has 0 aliphatic heterocycles. The number of hydrogen-bond acceptors (Lipinski definition) is 3. The second kappa shape index (κ2) is 3.74. The first-order chi connectivity index (χ1) is 6.88. The van der Waals surface area contributed by atoms with E-state index < -0.39 is 0 Å². The summed E-state index contributed by atoms with van der Waals surface area (Å²) in [6.45, 7) is 3.68. The number of hydrogen-bond donors (Lipinski definition) is 1. The molecule has 0 saturated heterocycles. The van der Waals surface area contributed by atoms with Crippen LogP contribution in [0.4, 0.5) is 0 Å². The molecular formula is C10H9N3O. The molecule has 0 atom stereocenters. The van der Waals surface area contributed by atoms with Crippen LogP contribution >= 0.6 is 0 Å². The Balaban J connectivity index is 2.21. The zero-order valence-corrected chi connectivity index (χ0v) is 7.47. The summed E-state index contributed by atoms with van der Waals surface area (Å²) in [5.74, 6) is 1.17. The molecule has 0 spiro atoms. The molecule has 14 heavy (non-hydrogen) atoms. The lowest BCUT2D eigenvalue weighted by Crippen LogP contribution is -1.84. The van der Waals surface area contributed by atoms with E-state index in [9.17, 15) is 0 Å². The summed E-state index contributed by atoms with van der Waals surface area (Å²) in [4.78, 5) is 0. The van der Waals surface area contributed by atoms with Gasteiger partial charge in [0.05, 0.1) is 0 Å². The normalized spacial score (nSPS) is 9.71. The van der Waals surface area contributed by atoms with Crippen molar-refractivity contribution >= 4 is 6.08 Å². The van der Waals surface area contributed by atoms with Crippen LogP contribution in [-0.2, 0) is 0 Å². The van der Waals surface area contributed by atoms with Crippen molar-refractivity contribution in [1.29, 1.82) is 0 Å². The van der Waals surface area contributed by atoms with Crippen LogP contribution in [0.1, 0.15) is 5.56 Å². The van der Waals surface area contributed by atoms with Crippen molar-refractivity contribution in [3.05, 3.63) is 42.6 Å². The van der Waals surface area contributed by atoms with Gasteiger partial charge in [0.2, 0.25) is 0 Å². The maximum atomic E-state index is 5.41. The number of H-pyrrole nitrogens is 1. The van der Waals surface area contributed by atoms with E-state index >= 15 is 0 Å². The van der Waals surface area contributed by atoms with Crippen LogP contribution in [0.3, 0.4) is 0 Å². The van der Waals surface area contributed by atoms with Crippen LogP contribution in [-0.4, -0.2) is 15.4 Å². The van der Waals surface area contributed by atoms with Gasteiger partial charge in [0, 0.05) is 0 Å².